The van der Waals surface area contributed by atoms with Gasteiger partial charge in [0.2, 0.25) is 0 Å². The Morgan fingerprint density at radius 1 is 1.77 bits per heavy atom. The summed E-state index contributed by atoms with van der Waals surface area (Å²) in [6.07, 6.45) is 0. The van der Waals surface area contributed by atoms with Gasteiger partial charge >= 0.3 is 5.97 Å². The van der Waals surface area contributed by atoms with Crippen molar-refractivity contribution in [1.82, 2.24) is 9.78 Å². The van der Waals surface area contributed by atoms with E-state index in [9.17, 15) is 9.59 Å². The molecule has 0 amide bonds. The summed E-state index contributed by atoms with van der Waals surface area (Å²) in [5.74, 6) is -0.603. The lowest BCUT2D eigenvalue weighted by Gasteiger charge is -1.97. The molecule has 1 rings (SSSR count). The Labute approximate surface area is 73.7 Å². The van der Waals surface area contributed by atoms with E-state index in [0.717, 1.165) is 10.7 Å². The summed E-state index contributed by atoms with van der Waals surface area (Å²) in [6, 6.07) is 1.13. The molecule has 0 unspecified atom stereocenters. The number of nitrogens with zero attached hydrogens (tertiary/aromatic N) is 1. The molecule has 1 aromatic rings. The molecule has 0 aromatic carbocycles. The SMILES string of the molecule is COC(=O)c1cc(=O)n(CCO)[nH]1. The summed E-state index contributed by atoms with van der Waals surface area (Å²) in [6.45, 7) is -0.0309. The van der Waals surface area contributed by atoms with Crippen molar-refractivity contribution < 1.29 is 14.6 Å². The molecule has 0 fully saturated rings. The number of hydrogen-bond donors (Lipinski definition) is 2. The molecular weight excluding hydrogens is 176 g/mol. The Morgan fingerprint density at radius 2 is 2.46 bits per heavy atom. The molecule has 6 heteroatoms. The first kappa shape index (κ1) is 9.53. The van der Waals surface area contributed by atoms with E-state index in [1.165, 1.54) is 7.11 Å². The fraction of sp³-hybridized carbons (Fsp3) is 0.429. The third kappa shape index (κ3) is 1.97. The van der Waals surface area contributed by atoms with Gasteiger partial charge in [-0.1, -0.05) is 0 Å². The zero-order chi connectivity index (χ0) is 9.84. The van der Waals surface area contributed by atoms with E-state index in [2.05, 4.69) is 9.84 Å². The minimum atomic E-state index is -0.603. The molecule has 2 N–H and O–H groups in total. The maximum absolute atomic E-state index is 11.1. The number of hydrogen-bond acceptors (Lipinski definition) is 4. The van der Waals surface area contributed by atoms with Crippen molar-refractivity contribution in [3.63, 3.8) is 0 Å². The molecule has 1 aromatic heterocycles. The molecule has 0 atom stereocenters. The van der Waals surface area contributed by atoms with Crippen LogP contribution < -0.4 is 5.56 Å². The average molecular weight is 186 g/mol. The van der Waals surface area contributed by atoms with Gasteiger partial charge in [0, 0.05) is 6.07 Å². The first-order valence-electron chi connectivity index (χ1n) is 3.68. The Kier molecular flexibility index (Phi) is 2.86. The average Bonchev–Trinajstić information content (AvgIpc) is 2.47. The lowest BCUT2D eigenvalue weighted by Crippen LogP contribution is -2.17. The van der Waals surface area contributed by atoms with E-state index in [-0.39, 0.29) is 24.4 Å². The highest BCUT2D eigenvalue weighted by Gasteiger charge is 2.10. The first-order chi connectivity index (χ1) is 6.19. The molecule has 0 saturated heterocycles. The number of aromatic amines is 1. The molecule has 0 radical (unpaired) electrons. The third-order valence-corrected chi connectivity index (χ3v) is 1.52. The molecule has 0 aliphatic rings. The van der Waals surface area contributed by atoms with Crippen molar-refractivity contribution in [2.75, 3.05) is 13.7 Å². The highest BCUT2D eigenvalue weighted by molar-refractivity contribution is 5.86. The van der Waals surface area contributed by atoms with Crippen LogP contribution in [0.4, 0.5) is 0 Å². The Hall–Kier alpha value is -1.56. The number of rotatable bonds is 3. The Balaban J connectivity index is 2.95. The number of aliphatic hydroxyl groups is 1. The first-order valence-corrected chi connectivity index (χ1v) is 3.68. The lowest BCUT2D eigenvalue weighted by atomic mass is 10.4. The van der Waals surface area contributed by atoms with E-state index < -0.39 is 5.97 Å². The van der Waals surface area contributed by atoms with Crippen molar-refractivity contribution in [2.45, 2.75) is 6.54 Å². The molecule has 1 heterocycles. The number of ether oxygens (including phenoxy) is 1. The Morgan fingerprint density at radius 3 is 3.00 bits per heavy atom. The van der Waals surface area contributed by atoms with E-state index in [4.69, 9.17) is 5.11 Å². The zero-order valence-corrected chi connectivity index (χ0v) is 7.11. The van der Waals surface area contributed by atoms with Crippen LogP contribution in [0.5, 0.6) is 0 Å². The van der Waals surface area contributed by atoms with E-state index in [1.807, 2.05) is 0 Å². The van der Waals surface area contributed by atoms with E-state index in [1.54, 1.807) is 0 Å². The summed E-state index contributed by atoms with van der Waals surface area (Å²) < 4.78 is 5.53. The summed E-state index contributed by atoms with van der Waals surface area (Å²) in [4.78, 5) is 22.0. The van der Waals surface area contributed by atoms with Gasteiger partial charge in [-0.25, -0.2) is 4.79 Å². The second-order valence-electron chi connectivity index (χ2n) is 2.37. The van der Waals surface area contributed by atoms with Crippen molar-refractivity contribution in [3.05, 3.63) is 22.1 Å². The molecule has 72 valence electrons. The van der Waals surface area contributed by atoms with Gasteiger partial charge in [0.15, 0.2) is 0 Å². The fourth-order valence-corrected chi connectivity index (χ4v) is 0.915. The van der Waals surface area contributed by atoms with Gasteiger partial charge in [0.25, 0.3) is 5.56 Å². The number of aromatic nitrogens is 2. The van der Waals surface area contributed by atoms with Crippen LogP contribution in [0.25, 0.3) is 0 Å². The summed E-state index contributed by atoms with van der Waals surface area (Å²) in [5.41, 5.74) is -0.282. The van der Waals surface area contributed by atoms with Gasteiger partial charge in [-0.3, -0.25) is 14.6 Å². The summed E-state index contributed by atoms with van der Waals surface area (Å²) >= 11 is 0. The van der Waals surface area contributed by atoms with Gasteiger partial charge in [0.1, 0.15) is 5.69 Å². The largest absolute Gasteiger partial charge is 0.464 e. The smallest absolute Gasteiger partial charge is 0.356 e. The highest BCUT2D eigenvalue weighted by atomic mass is 16.5. The number of carbonyl (C=O) groups is 1. The van der Waals surface area contributed by atoms with Crippen molar-refractivity contribution in [1.29, 1.82) is 0 Å². The summed E-state index contributed by atoms with van der Waals surface area (Å²) in [5, 5.41) is 11.1. The van der Waals surface area contributed by atoms with Crippen LogP contribution in [0.1, 0.15) is 10.5 Å². The third-order valence-electron chi connectivity index (χ3n) is 1.52. The fourth-order valence-electron chi connectivity index (χ4n) is 0.915. The second-order valence-corrected chi connectivity index (χ2v) is 2.37. The minimum absolute atomic E-state index is 0.0842. The highest BCUT2D eigenvalue weighted by Crippen LogP contribution is 1.92. The standard InChI is InChI=1S/C7H10N2O4/c1-13-7(12)5-4-6(11)9(8-5)2-3-10/h4,8,10H,2-3H2,1H3. The number of methoxy groups -OCH3 is 1. The number of aliphatic hydroxyl groups excluding tert-OH is 1. The minimum Gasteiger partial charge on any atom is -0.464 e. The molecule has 0 spiro atoms. The van der Waals surface area contributed by atoms with Crippen LogP contribution in [0.2, 0.25) is 0 Å². The van der Waals surface area contributed by atoms with Gasteiger partial charge in [-0.05, 0) is 0 Å². The maximum atomic E-state index is 11.1. The van der Waals surface area contributed by atoms with Gasteiger partial charge < -0.3 is 9.84 Å². The molecule has 13 heavy (non-hydrogen) atoms. The molecule has 0 bridgehead atoms. The molecule has 0 saturated carbocycles. The van der Waals surface area contributed by atoms with Crippen LogP contribution in [0, 0.1) is 0 Å². The van der Waals surface area contributed by atoms with Crippen LogP contribution in [0.15, 0.2) is 10.9 Å². The van der Waals surface area contributed by atoms with Gasteiger partial charge in [-0.15, -0.1) is 0 Å². The van der Waals surface area contributed by atoms with E-state index >= 15 is 0 Å². The Bertz CT molecular complexity index is 352. The van der Waals surface area contributed by atoms with Crippen LogP contribution in [-0.4, -0.2) is 34.6 Å². The van der Waals surface area contributed by atoms with Crippen molar-refractivity contribution in [2.24, 2.45) is 0 Å². The molecule has 0 aliphatic heterocycles. The monoisotopic (exact) mass is 186 g/mol. The lowest BCUT2D eigenvalue weighted by molar-refractivity contribution is 0.0592. The number of esters is 1. The molecule has 0 aliphatic carbocycles. The van der Waals surface area contributed by atoms with Crippen LogP contribution >= 0.6 is 0 Å². The van der Waals surface area contributed by atoms with Crippen LogP contribution in [-0.2, 0) is 11.3 Å². The molecular formula is C7H10N2O4. The topological polar surface area (TPSA) is 84.3 Å². The molecule has 6 nitrogen and oxygen atoms in total. The second kappa shape index (κ2) is 3.90. The van der Waals surface area contributed by atoms with E-state index in [0.29, 0.717) is 0 Å². The van der Waals surface area contributed by atoms with Gasteiger partial charge in [-0.2, -0.15) is 0 Å². The predicted molar refractivity (Wildman–Crippen MR) is 43.5 cm³/mol. The number of H-pyrrole nitrogens is 1. The quantitative estimate of drug-likeness (QED) is 0.590. The van der Waals surface area contributed by atoms with Crippen LogP contribution in [0.3, 0.4) is 0 Å². The maximum Gasteiger partial charge on any atom is 0.356 e. The van der Waals surface area contributed by atoms with Crippen molar-refractivity contribution >= 4 is 5.97 Å². The number of carbonyl (C=O) groups excluding carboxylic acids is 1. The normalized spacial score (nSPS) is 10.0. The zero-order valence-electron chi connectivity index (χ0n) is 7.11. The van der Waals surface area contributed by atoms with Crippen molar-refractivity contribution in [3.8, 4) is 0 Å². The summed E-state index contributed by atoms with van der Waals surface area (Å²) in [7, 11) is 1.23. The van der Waals surface area contributed by atoms with Gasteiger partial charge in [0.05, 0.1) is 20.3 Å². The number of nitrogens with one attached hydrogen (secondary N) is 1. The predicted octanol–water partition coefficient (Wildman–Crippen LogP) is -1.04.